The highest BCUT2D eigenvalue weighted by atomic mass is 16.4. The van der Waals surface area contributed by atoms with Crippen LogP contribution in [-0.2, 0) is 11.2 Å². The fourth-order valence-corrected chi connectivity index (χ4v) is 0.783. The number of ketones is 1. The van der Waals surface area contributed by atoms with Gasteiger partial charge in [0.2, 0.25) is 0 Å². The second kappa shape index (κ2) is 3.75. The summed E-state index contributed by atoms with van der Waals surface area (Å²) < 4.78 is 0. The van der Waals surface area contributed by atoms with E-state index < -0.39 is 5.97 Å². The number of aromatic nitrogens is 2. The Labute approximate surface area is 74.4 Å². The van der Waals surface area contributed by atoms with Crippen LogP contribution in [0.25, 0.3) is 0 Å². The molecule has 0 bridgehead atoms. The number of Topliss-reactive ketones (excluding diaryl/α,β-unsaturated/α-hetero) is 1. The van der Waals surface area contributed by atoms with E-state index in [2.05, 4.69) is 9.97 Å². The first kappa shape index (κ1) is 9.31. The number of carbonyl (C=O) groups excluding carboxylic acids is 1. The van der Waals surface area contributed by atoms with Gasteiger partial charge < -0.3 is 5.11 Å². The van der Waals surface area contributed by atoms with Crippen LogP contribution in [0, 0.1) is 0 Å². The molecule has 0 aliphatic heterocycles. The minimum Gasteiger partial charge on any atom is -0.481 e. The van der Waals surface area contributed by atoms with E-state index in [1.54, 1.807) is 0 Å². The molecule has 0 aliphatic carbocycles. The monoisotopic (exact) mass is 180 g/mol. The summed E-state index contributed by atoms with van der Waals surface area (Å²) in [5, 5.41) is 8.41. The van der Waals surface area contributed by atoms with Crippen molar-refractivity contribution in [2.75, 3.05) is 0 Å². The average molecular weight is 180 g/mol. The number of rotatable bonds is 3. The molecule has 1 rings (SSSR count). The number of carboxylic acids is 1. The van der Waals surface area contributed by atoms with Crippen molar-refractivity contribution in [2.45, 2.75) is 13.3 Å². The Kier molecular flexibility index (Phi) is 2.69. The number of carbonyl (C=O) groups is 2. The van der Waals surface area contributed by atoms with Gasteiger partial charge in [0.1, 0.15) is 5.69 Å². The van der Waals surface area contributed by atoms with Crippen molar-refractivity contribution in [3.63, 3.8) is 0 Å². The third-order valence-corrected chi connectivity index (χ3v) is 1.40. The van der Waals surface area contributed by atoms with E-state index in [0.717, 1.165) is 0 Å². The van der Waals surface area contributed by atoms with Crippen molar-refractivity contribution < 1.29 is 14.7 Å². The standard InChI is InChI=1S/C8H8N2O3/c1-5(11)7-4-9-6(3-10-7)2-8(12)13/h3-4H,2H2,1H3,(H,12,13). The average Bonchev–Trinajstić information content (AvgIpc) is 2.04. The zero-order chi connectivity index (χ0) is 9.84. The lowest BCUT2D eigenvalue weighted by atomic mass is 10.3. The molecule has 1 aromatic rings. The highest BCUT2D eigenvalue weighted by molar-refractivity contribution is 5.91. The lowest BCUT2D eigenvalue weighted by molar-refractivity contribution is -0.136. The van der Waals surface area contributed by atoms with Gasteiger partial charge in [0.25, 0.3) is 0 Å². The second-order valence-electron chi connectivity index (χ2n) is 2.52. The zero-order valence-electron chi connectivity index (χ0n) is 7.02. The van der Waals surface area contributed by atoms with Crippen molar-refractivity contribution in [1.82, 2.24) is 9.97 Å². The number of hydrogen-bond acceptors (Lipinski definition) is 4. The van der Waals surface area contributed by atoms with Gasteiger partial charge in [-0.05, 0) is 0 Å². The number of nitrogens with zero attached hydrogens (tertiary/aromatic N) is 2. The predicted octanol–water partition coefficient (Wildman–Crippen LogP) is 0.306. The van der Waals surface area contributed by atoms with Crippen LogP contribution in [0.15, 0.2) is 12.4 Å². The first-order valence-corrected chi connectivity index (χ1v) is 3.63. The Hall–Kier alpha value is -1.78. The molecule has 5 heteroatoms. The number of hydrogen-bond donors (Lipinski definition) is 1. The van der Waals surface area contributed by atoms with Crippen molar-refractivity contribution in [2.24, 2.45) is 0 Å². The van der Waals surface area contributed by atoms with Crippen LogP contribution < -0.4 is 0 Å². The summed E-state index contributed by atoms with van der Waals surface area (Å²) in [5.74, 6) is -1.15. The lowest BCUT2D eigenvalue weighted by Gasteiger charge is -1.96. The highest BCUT2D eigenvalue weighted by Gasteiger charge is 2.04. The van der Waals surface area contributed by atoms with E-state index in [0.29, 0.717) is 5.69 Å². The van der Waals surface area contributed by atoms with E-state index in [-0.39, 0.29) is 17.9 Å². The predicted molar refractivity (Wildman–Crippen MR) is 43.4 cm³/mol. The molecule has 0 saturated carbocycles. The molecule has 0 radical (unpaired) electrons. The van der Waals surface area contributed by atoms with Gasteiger partial charge >= 0.3 is 5.97 Å². The third kappa shape index (κ3) is 2.62. The van der Waals surface area contributed by atoms with Gasteiger partial charge in [-0.15, -0.1) is 0 Å². The molecule has 0 saturated heterocycles. The molecule has 0 aliphatic rings. The molecule has 0 spiro atoms. The van der Waals surface area contributed by atoms with E-state index in [1.165, 1.54) is 19.3 Å². The van der Waals surface area contributed by atoms with Gasteiger partial charge in [0, 0.05) is 13.1 Å². The van der Waals surface area contributed by atoms with E-state index >= 15 is 0 Å². The number of carboxylic acid groups (broad SMARTS) is 1. The first-order chi connectivity index (χ1) is 6.09. The Morgan fingerprint density at radius 2 is 2.08 bits per heavy atom. The van der Waals surface area contributed by atoms with E-state index in [4.69, 9.17) is 5.11 Å². The second-order valence-corrected chi connectivity index (χ2v) is 2.52. The molecule has 1 N–H and O–H groups in total. The molecule has 0 amide bonds. The normalized spacial score (nSPS) is 9.62. The summed E-state index contributed by atoms with van der Waals surface area (Å²) in [6.45, 7) is 1.38. The Morgan fingerprint density at radius 3 is 2.46 bits per heavy atom. The Morgan fingerprint density at radius 1 is 1.38 bits per heavy atom. The van der Waals surface area contributed by atoms with Gasteiger partial charge in [0.15, 0.2) is 5.78 Å². The quantitative estimate of drug-likeness (QED) is 0.677. The molecule has 68 valence electrons. The summed E-state index contributed by atoms with van der Waals surface area (Å²) in [7, 11) is 0. The molecule has 0 atom stereocenters. The van der Waals surface area contributed by atoms with Crippen LogP contribution in [0.4, 0.5) is 0 Å². The minimum absolute atomic E-state index is 0.175. The summed E-state index contributed by atoms with van der Waals surface area (Å²) in [6, 6.07) is 0. The molecular formula is C8H8N2O3. The molecule has 1 aromatic heterocycles. The van der Waals surface area contributed by atoms with Gasteiger partial charge in [-0.3, -0.25) is 14.6 Å². The van der Waals surface area contributed by atoms with Gasteiger partial charge in [-0.1, -0.05) is 0 Å². The molecule has 13 heavy (non-hydrogen) atoms. The minimum atomic E-state index is -0.968. The van der Waals surface area contributed by atoms with Crippen LogP contribution >= 0.6 is 0 Å². The number of aliphatic carboxylic acids is 1. The fourth-order valence-electron chi connectivity index (χ4n) is 0.783. The molecule has 5 nitrogen and oxygen atoms in total. The van der Waals surface area contributed by atoms with Crippen molar-refractivity contribution >= 4 is 11.8 Å². The molecule has 0 aromatic carbocycles. The Balaban J connectivity index is 2.81. The zero-order valence-corrected chi connectivity index (χ0v) is 7.02. The summed E-state index contributed by atoms with van der Waals surface area (Å²) in [6.07, 6.45) is 2.40. The van der Waals surface area contributed by atoms with Gasteiger partial charge in [-0.25, -0.2) is 4.98 Å². The van der Waals surface area contributed by atoms with Crippen molar-refractivity contribution in [3.05, 3.63) is 23.8 Å². The van der Waals surface area contributed by atoms with Crippen LogP contribution in [0.1, 0.15) is 23.1 Å². The van der Waals surface area contributed by atoms with Crippen LogP contribution in [0.3, 0.4) is 0 Å². The lowest BCUT2D eigenvalue weighted by Crippen LogP contribution is -2.05. The Bertz CT molecular complexity index is 332. The largest absolute Gasteiger partial charge is 0.481 e. The molecular weight excluding hydrogens is 172 g/mol. The van der Waals surface area contributed by atoms with Crippen LogP contribution in [-0.4, -0.2) is 26.8 Å². The summed E-state index contributed by atoms with van der Waals surface area (Å²) in [5.41, 5.74) is 0.589. The van der Waals surface area contributed by atoms with Gasteiger partial charge in [-0.2, -0.15) is 0 Å². The van der Waals surface area contributed by atoms with Crippen LogP contribution in [0.2, 0.25) is 0 Å². The van der Waals surface area contributed by atoms with E-state index in [1.807, 2.05) is 0 Å². The maximum absolute atomic E-state index is 10.8. The van der Waals surface area contributed by atoms with Crippen molar-refractivity contribution in [1.29, 1.82) is 0 Å². The maximum atomic E-state index is 10.8. The summed E-state index contributed by atoms with van der Waals surface area (Å²) >= 11 is 0. The van der Waals surface area contributed by atoms with Crippen molar-refractivity contribution in [3.8, 4) is 0 Å². The molecule has 0 fully saturated rings. The van der Waals surface area contributed by atoms with E-state index in [9.17, 15) is 9.59 Å². The highest BCUT2D eigenvalue weighted by Crippen LogP contribution is 1.97. The van der Waals surface area contributed by atoms with Crippen LogP contribution in [0.5, 0.6) is 0 Å². The SMILES string of the molecule is CC(=O)c1cnc(CC(=O)O)cn1. The topological polar surface area (TPSA) is 80.2 Å². The summed E-state index contributed by atoms with van der Waals surface area (Å²) in [4.78, 5) is 28.5. The molecule has 0 unspecified atom stereocenters. The molecule has 1 heterocycles. The van der Waals surface area contributed by atoms with Gasteiger partial charge in [0.05, 0.1) is 18.3 Å². The maximum Gasteiger partial charge on any atom is 0.309 e. The fraction of sp³-hybridized carbons (Fsp3) is 0.250. The third-order valence-electron chi connectivity index (χ3n) is 1.40. The first-order valence-electron chi connectivity index (χ1n) is 3.63. The smallest absolute Gasteiger partial charge is 0.309 e.